The van der Waals surface area contributed by atoms with Gasteiger partial charge >= 0.3 is 0 Å². The van der Waals surface area contributed by atoms with Crippen LogP contribution in [0.2, 0.25) is 0 Å². The Morgan fingerprint density at radius 2 is 2.05 bits per heavy atom. The second-order valence-electron chi connectivity index (χ2n) is 5.22. The average Bonchev–Trinajstić information content (AvgIpc) is 2.49. The van der Waals surface area contributed by atoms with Crippen molar-refractivity contribution < 1.29 is 9.84 Å². The van der Waals surface area contributed by atoms with Crippen molar-refractivity contribution in [1.29, 1.82) is 0 Å². The van der Waals surface area contributed by atoms with E-state index in [-0.39, 0.29) is 0 Å². The number of piperazine rings is 1. The Morgan fingerprint density at radius 3 is 2.70 bits per heavy atom. The van der Waals surface area contributed by atoms with E-state index in [0.29, 0.717) is 13.2 Å². The van der Waals surface area contributed by atoms with Crippen LogP contribution in [0.15, 0.2) is 18.2 Å². The number of aryl methyl sites for hydroxylation is 1. The number of ether oxygens (including phenoxy) is 1. The van der Waals surface area contributed by atoms with Crippen molar-refractivity contribution in [3.05, 3.63) is 29.3 Å². The molecule has 0 radical (unpaired) electrons. The highest BCUT2D eigenvalue weighted by molar-refractivity contribution is 5.38. The molecule has 20 heavy (non-hydrogen) atoms. The van der Waals surface area contributed by atoms with Gasteiger partial charge in [0.05, 0.1) is 12.7 Å². The topological polar surface area (TPSA) is 44.7 Å². The van der Waals surface area contributed by atoms with Gasteiger partial charge in [0.15, 0.2) is 0 Å². The monoisotopic (exact) mass is 278 g/mol. The minimum Gasteiger partial charge on any atom is -0.494 e. The average molecular weight is 278 g/mol. The van der Waals surface area contributed by atoms with Crippen LogP contribution in [-0.2, 0) is 6.42 Å². The van der Waals surface area contributed by atoms with Crippen LogP contribution >= 0.6 is 0 Å². The molecule has 4 nitrogen and oxygen atoms in total. The van der Waals surface area contributed by atoms with Gasteiger partial charge in [-0.1, -0.05) is 13.0 Å². The van der Waals surface area contributed by atoms with Crippen LogP contribution in [0.5, 0.6) is 5.75 Å². The Hall–Kier alpha value is -1.10. The van der Waals surface area contributed by atoms with Gasteiger partial charge in [0, 0.05) is 32.7 Å². The summed E-state index contributed by atoms with van der Waals surface area (Å²) in [6, 6.07) is 6.05. The van der Waals surface area contributed by atoms with Gasteiger partial charge in [0.1, 0.15) is 5.75 Å². The smallest absolute Gasteiger partial charge is 0.122 e. The summed E-state index contributed by atoms with van der Waals surface area (Å²) in [5.74, 6) is 0.938. The quantitative estimate of drug-likeness (QED) is 0.829. The number of benzene rings is 1. The Balaban J connectivity index is 2.03. The fourth-order valence-electron chi connectivity index (χ4n) is 2.62. The SMILES string of the molecule is CCOc1ccc(C(O)CN2CCNCC2)cc1CC. The van der Waals surface area contributed by atoms with Crippen LogP contribution in [0.1, 0.15) is 31.1 Å². The van der Waals surface area contributed by atoms with E-state index in [0.717, 1.165) is 43.9 Å². The molecule has 1 aliphatic heterocycles. The second kappa shape index (κ2) is 7.62. The van der Waals surface area contributed by atoms with Gasteiger partial charge < -0.3 is 15.2 Å². The lowest BCUT2D eigenvalue weighted by Crippen LogP contribution is -2.44. The third-order valence-electron chi connectivity index (χ3n) is 3.79. The molecule has 0 amide bonds. The lowest BCUT2D eigenvalue weighted by Gasteiger charge is -2.29. The lowest BCUT2D eigenvalue weighted by atomic mass is 10.0. The van der Waals surface area contributed by atoms with Gasteiger partial charge in [-0.3, -0.25) is 4.90 Å². The molecule has 1 aliphatic rings. The highest BCUT2D eigenvalue weighted by Gasteiger charge is 2.16. The van der Waals surface area contributed by atoms with E-state index < -0.39 is 6.10 Å². The summed E-state index contributed by atoms with van der Waals surface area (Å²) < 4.78 is 5.61. The highest BCUT2D eigenvalue weighted by Crippen LogP contribution is 2.24. The normalized spacial score (nSPS) is 17.9. The van der Waals surface area contributed by atoms with E-state index in [1.54, 1.807) is 0 Å². The summed E-state index contributed by atoms with van der Waals surface area (Å²) in [7, 11) is 0. The number of aliphatic hydroxyl groups excluding tert-OH is 1. The van der Waals surface area contributed by atoms with Crippen molar-refractivity contribution in [1.82, 2.24) is 10.2 Å². The Kier molecular flexibility index (Phi) is 5.83. The number of β-amino-alcohol motifs (C(OH)–C–C–N with tert-alkyl or cyclic N) is 1. The number of nitrogens with zero attached hydrogens (tertiary/aromatic N) is 1. The maximum atomic E-state index is 10.4. The molecule has 2 N–H and O–H groups in total. The van der Waals surface area contributed by atoms with Crippen LogP contribution in [0, 0.1) is 0 Å². The maximum Gasteiger partial charge on any atom is 0.122 e. The van der Waals surface area contributed by atoms with E-state index in [2.05, 4.69) is 23.2 Å². The first kappa shape index (κ1) is 15.3. The maximum absolute atomic E-state index is 10.4. The Bertz CT molecular complexity index is 417. The highest BCUT2D eigenvalue weighted by atomic mass is 16.5. The predicted octanol–water partition coefficient (Wildman–Crippen LogP) is 1.59. The van der Waals surface area contributed by atoms with Crippen molar-refractivity contribution in [2.24, 2.45) is 0 Å². The summed E-state index contributed by atoms with van der Waals surface area (Å²) in [6.45, 7) is 9.53. The predicted molar refractivity (Wildman–Crippen MR) is 81.3 cm³/mol. The van der Waals surface area contributed by atoms with Crippen molar-refractivity contribution in [3.8, 4) is 5.75 Å². The number of rotatable bonds is 6. The van der Waals surface area contributed by atoms with Gasteiger partial charge in [-0.15, -0.1) is 0 Å². The van der Waals surface area contributed by atoms with Crippen LogP contribution in [0.3, 0.4) is 0 Å². The van der Waals surface area contributed by atoms with Gasteiger partial charge in [-0.05, 0) is 36.6 Å². The zero-order chi connectivity index (χ0) is 14.4. The minimum atomic E-state index is -0.422. The minimum absolute atomic E-state index is 0.422. The first-order chi connectivity index (χ1) is 9.74. The number of hydrogen-bond donors (Lipinski definition) is 2. The largest absolute Gasteiger partial charge is 0.494 e. The first-order valence-electron chi connectivity index (χ1n) is 7.61. The molecule has 0 bridgehead atoms. The molecule has 0 aromatic heterocycles. The van der Waals surface area contributed by atoms with E-state index >= 15 is 0 Å². The molecule has 1 aromatic rings. The molecule has 1 heterocycles. The molecule has 1 aromatic carbocycles. The summed E-state index contributed by atoms with van der Waals surface area (Å²) in [4.78, 5) is 2.31. The Labute approximate surface area is 121 Å². The van der Waals surface area contributed by atoms with E-state index in [9.17, 15) is 5.11 Å². The molecular weight excluding hydrogens is 252 g/mol. The van der Waals surface area contributed by atoms with E-state index in [1.165, 1.54) is 5.56 Å². The van der Waals surface area contributed by atoms with Gasteiger partial charge in [0.25, 0.3) is 0 Å². The fourth-order valence-corrected chi connectivity index (χ4v) is 2.62. The Morgan fingerprint density at radius 1 is 1.30 bits per heavy atom. The van der Waals surface area contributed by atoms with Gasteiger partial charge in [-0.25, -0.2) is 0 Å². The van der Waals surface area contributed by atoms with Crippen molar-refractivity contribution >= 4 is 0 Å². The van der Waals surface area contributed by atoms with Crippen LogP contribution in [0.25, 0.3) is 0 Å². The summed E-state index contributed by atoms with van der Waals surface area (Å²) in [6.07, 6.45) is 0.498. The molecule has 4 heteroatoms. The zero-order valence-corrected chi connectivity index (χ0v) is 12.6. The van der Waals surface area contributed by atoms with Crippen molar-refractivity contribution in [3.63, 3.8) is 0 Å². The van der Waals surface area contributed by atoms with E-state index in [1.807, 2.05) is 19.1 Å². The molecule has 1 unspecified atom stereocenters. The number of hydrogen-bond acceptors (Lipinski definition) is 4. The van der Waals surface area contributed by atoms with Crippen molar-refractivity contribution in [2.75, 3.05) is 39.3 Å². The summed E-state index contributed by atoms with van der Waals surface area (Å²) in [5, 5.41) is 13.7. The fraction of sp³-hybridized carbons (Fsp3) is 0.625. The lowest BCUT2D eigenvalue weighted by molar-refractivity contribution is 0.105. The summed E-state index contributed by atoms with van der Waals surface area (Å²) in [5.41, 5.74) is 2.16. The molecule has 1 saturated heterocycles. The standard InChI is InChI=1S/C16H26N2O2/c1-3-13-11-14(5-6-16(13)20-4-2)15(19)12-18-9-7-17-8-10-18/h5-6,11,15,17,19H,3-4,7-10,12H2,1-2H3. The molecule has 0 spiro atoms. The van der Waals surface area contributed by atoms with Crippen molar-refractivity contribution in [2.45, 2.75) is 26.4 Å². The molecular formula is C16H26N2O2. The molecule has 0 aliphatic carbocycles. The number of aliphatic hydroxyl groups is 1. The second-order valence-corrected chi connectivity index (χ2v) is 5.22. The van der Waals surface area contributed by atoms with Crippen LogP contribution in [-0.4, -0.2) is 49.3 Å². The van der Waals surface area contributed by atoms with E-state index in [4.69, 9.17) is 4.74 Å². The number of nitrogens with one attached hydrogen (secondary N) is 1. The molecule has 1 fully saturated rings. The first-order valence-corrected chi connectivity index (χ1v) is 7.61. The zero-order valence-electron chi connectivity index (χ0n) is 12.6. The molecule has 0 saturated carbocycles. The molecule has 2 rings (SSSR count). The van der Waals surface area contributed by atoms with Crippen LogP contribution in [0.4, 0.5) is 0 Å². The molecule has 1 atom stereocenters. The third kappa shape index (κ3) is 3.95. The van der Waals surface area contributed by atoms with Crippen LogP contribution < -0.4 is 10.1 Å². The molecule has 112 valence electrons. The van der Waals surface area contributed by atoms with Gasteiger partial charge in [-0.2, -0.15) is 0 Å². The summed E-state index contributed by atoms with van der Waals surface area (Å²) >= 11 is 0. The van der Waals surface area contributed by atoms with Gasteiger partial charge in [0.2, 0.25) is 0 Å². The third-order valence-corrected chi connectivity index (χ3v) is 3.79.